The van der Waals surface area contributed by atoms with Crippen LogP contribution in [0.5, 0.6) is 0 Å². The largest absolute Gasteiger partial charge is 0.422 e. The Balaban J connectivity index is 1.92. The van der Waals surface area contributed by atoms with E-state index in [9.17, 15) is 14.4 Å². The van der Waals surface area contributed by atoms with Crippen LogP contribution < -0.4 is 10.5 Å². The number of allylic oxidation sites excluding steroid dienone is 2. The zero-order valence-electron chi connectivity index (χ0n) is 20.1. The normalized spacial score (nSPS) is 11.5. The van der Waals surface area contributed by atoms with Gasteiger partial charge in [-0.1, -0.05) is 60.7 Å². The number of nitrogens with zero attached hydrogens (tertiary/aromatic N) is 1. The summed E-state index contributed by atoms with van der Waals surface area (Å²) in [6, 6.07) is 23.0. The zero-order chi connectivity index (χ0) is 24.9. The van der Waals surface area contributed by atoms with Crippen molar-refractivity contribution < 1.29 is 14.0 Å². The number of Topliss-reactive ketones (excluding diaryl/α,β-unsaturated/α-hetero) is 1. The minimum absolute atomic E-state index is 0.0195. The van der Waals surface area contributed by atoms with E-state index in [1.807, 2.05) is 24.3 Å². The first kappa shape index (κ1) is 23.9. The fourth-order valence-corrected chi connectivity index (χ4v) is 4.25. The van der Waals surface area contributed by atoms with Gasteiger partial charge < -0.3 is 9.32 Å². The van der Waals surface area contributed by atoms with Gasteiger partial charge in [-0.15, -0.1) is 0 Å². The number of hydrogen-bond donors (Lipinski definition) is 0. The fourth-order valence-electron chi connectivity index (χ4n) is 4.25. The second-order valence-corrected chi connectivity index (χ2v) is 8.23. The Bertz CT molecular complexity index is 1460. The summed E-state index contributed by atoms with van der Waals surface area (Å²) in [6.45, 7) is 7.56. The zero-order valence-corrected chi connectivity index (χ0v) is 20.1. The topological polar surface area (TPSA) is 67.6 Å². The molecule has 0 bridgehead atoms. The summed E-state index contributed by atoms with van der Waals surface area (Å²) in [5, 5.41) is 0.717. The van der Waals surface area contributed by atoms with Crippen molar-refractivity contribution in [3.63, 3.8) is 0 Å². The van der Waals surface area contributed by atoms with Crippen molar-refractivity contribution in [2.45, 2.75) is 20.8 Å². The molecule has 0 fully saturated rings. The van der Waals surface area contributed by atoms with E-state index in [2.05, 4.69) is 18.7 Å². The van der Waals surface area contributed by atoms with E-state index >= 15 is 0 Å². The van der Waals surface area contributed by atoms with Gasteiger partial charge in [-0.05, 0) is 44.5 Å². The van der Waals surface area contributed by atoms with Gasteiger partial charge in [0.15, 0.2) is 11.6 Å². The Morgan fingerprint density at radius 3 is 2.06 bits per heavy atom. The van der Waals surface area contributed by atoms with Crippen LogP contribution in [-0.4, -0.2) is 24.7 Å². The first-order valence-electron chi connectivity index (χ1n) is 11.7. The summed E-state index contributed by atoms with van der Waals surface area (Å²) in [7, 11) is 0. The van der Waals surface area contributed by atoms with Gasteiger partial charge in [0.1, 0.15) is 5.58 Å². The Kier molecular flexibility index (Phi) is 7.06. The van der Waals surface area contributed by atoms with Gasteiger partial charge in [-0.3, -0.25) is 9.59 Å². The Morgan fingerprint density at radius 1 is 0.857 bits per heavy atom. The molecule has 0 aliphatic rings. The lowest BCUT2D eigenvalue weighted by atomic mass is 9.91. The van der Waals surface area contributed by atoms with Crippen LogP contribution in [0.15, 0.2) is 94.2 Å². The molecule has 0 atom stereocenters. The molecule has 0 amide bonds. The summed E-state index contributed by atoms with van der Waals surface area (Å²) in [5.41, 5.74) is 2.28. The molecular weight excluding hydrogens is 438 g/mol. The highest BCUT2D eigenvalue weighted by Crippen LogP contribution is 2.29. The average Bonchev–Trinajstić information content (AvgIpc) is 2.89. The molecule has 0 N–H and O–H groups in total. The maximum atomic E-state index is 13.6. The SMILES string of the molecule is CCN(CC)c1ccc2c(C)c(/C(=C\C(=O)c3ccccc3)C(=O)c3ccccc3)c(=O)oc2c1. The van der Waals surface area contributed by atoms with Crippen molar-refractivity contribution in [3.05, 3.63) is 118 Å². The average molecular weight is 466 g/mol. The summed E-state index contributed by atoms with van der Waals surface area (Å²) in [5.74, 6) is -0.773. The monoisotopic (exact) mass is 465 g/mol. The van der Waals surface area contributed by atoms with Crippen LogP contribution >= 0.6 is 0 Å². The van der Waals surface area contributed by atoms with Gasteiger partial charge in [-0.25, -0.2) is 4.79 Å². The number of carbonyl (C=O) groups is 2. The summed E-state index contributed by atoms with van der Waals surface area (Å²) >= 11 is 0. The Hall–Kier alpha value is -4.25. The van der Waals surface area contributed by atoms with Crippen LogP contribution in [0.2, 0.25) is 0 Å². The maximum Gasteiger partial charge on any atom is 0.344 e. The van der Waals surface area contributed by atoms with Crippen LogP contribution in [0.25, 0.3) is 16.5 Å². The molecule has 4 rings (SSSR count). The van der Waals surface area contributed by atoms with Gasteiger partial charge in [0.05, 0.1) is 5.56 Å². The smallest absolute Gasteiger partial charge is 0.344 e. The maximum absolute atomic E-state index is 13.6. The number of ketones is 2. The second-order valence-electron chi connectivity index (χ2n) is 8.23. The van der Waals surface area contributed by atoms with E-state index in [0.717, 1.165) is 24.2 Å². The van der Waals surface area contributed by atoms with Crippen molar-refractivity contribution in [1.82, 2.24) is 0 Å². The molecule has 1 heterocycles. The summed E-state index contributed by atoms with van der Waals surface area (Å²) in [6.07, 6.45) is 1.25. The van der Waals surface area contributed by atoms with Crippen molar-refractivity contribution in [3.8, 4) is 0 Å². The first-order chi connectivity index (χ1) is 16.9. The molecule has 0 saturated heterocycles. The molecule has 0 aliphatic heterocycles. The molecule has 0 aliphatic carbocycles. The van der Waals surface area contributed by atoms with Crippen LogP contribution in [0, 0.1) is 6.92 Å². The minimum Gasteiger partial charge on any atom is -0.422 e. The molecule has 5 nitrogen and oxygen atoms in total. The third-order valence-corrected chi connectivity index (χ3v) is 6.16. The number of anilines is 1. The predicted molar refractivity (Wildman–Crippen MR) is 140 cm³/mol. The molecule has 0 unspecified atom stereocenters. The van der Waals surface area contributed by atoms with E-state index < -0.39 is 11.4 Å². The molecule has 176 valence electrons. The predicted octanol–water partition coefficient (Wildman–Crippen LogP) is 6.10. The molecule has 5 heteroatoms. The van der Waals surface area contributed by atoms with E-state index in [0.29, 0.717) is 22.3 Å². The quantitative estimate of drug-likeness (QED) is 0.179. The van der Waals surface area contributed by atoms with Gasteiger partial charge >= 0.3 is 5.63 Å². The van der Waals surface area contributed by atoms with E-state index in [4.69, 9.17) is 4.42 Å². The van der Waals surface area contributed by atoms with Crippen LogP contribution in [0.4, 0.5) is 5.69 Å². The lowest BCUT2D eigenvalue weighted by Crippen LogP contribution is -2.21. The Morgan fingerprint density at radius 2 is 1.46 bits per heavy atom. The number of benzene rings is 3. The molecular formula is C30H27NO4. The number of fused-ring (bicyclic) bond motifs is 1. The highest BCUT2D eigenvalue weighted by Gasteiger charge is 2.24. The Labute approximate surface area is 204 Å². The third kappa shape index (κ3) is 4.85. The molecule has 4 aromatic rings. The second kappa shape index (κ2) is 10.3. The molecule has 3 aromatic carbocycles. The highest BCUT2D eigenvalue weighted by molar-refractivity contribution is 6.33. The van der Waals surface area contributed by atoms with Gasteiger partial charge in [-0.2, -0.15) is 0 Å². The molecule has 35 heavy (non-hydrogen) atoms. The van der Waals surface area contributed by atoms with Crippen molar-refractivity contribution in [1.29, 1.82) is 0 Å². The van der Waals surface area contributed by atoms with E-state index in [1.54, 1.807) is 61.5 Å². The van der Waals surface area contributed by atoms with E-state index in [1.165, 1.54) is 6.08 Å². The van der Waals surface area contributed by atoms with Crippen LogP contribution in [0.3, 0.4) is 0 Å². The molecule has 1 aromatic heterocycles. The minimum atomic E-state index is -0.650. The lowest BCUT2D eigenvalue weighted by Gasteiger charge is -2.21. The van der Waals surface area contributed by atoms with Crippen molar-refractivity contribution in [2.75, 3.05) is 18.0 Å². The van der Waals surface area contributed by atoms with Crippen LogP contribution in [0.1, 0.15) is 45.7 Å². The van der Waals surface area contributed by atoms with Crippen molar-refractivity contribution in [2.24, 2.45) is 0 Å². The van der Waals surface area contributed by atoms with Gasteiger partial charge in [0.2, 0.25) is 0 Å². The third-order valence-electron chi connectivity index (χ3n) is 6.16. The first-order valence-corrected chi connectivity index (χ1v) is 11.7. The molecule has 0 radical (unpaired) electrons. The number of aryl methyl sites for hydroxylation is 1. The van der Waals surface area contributed by atoms with Crippen molar-refractivity contribution >= 4 is 33.8 Å². The lowest BCUT2D eigenvalue weighted by molar-refractivity contribution is 0.102. The number of carbonyl (C=O) groups excluding carboxylic acids is 2. The number of rotatable bonds is 8. The van der Waals surface area contributed by atoms with E-state index in [-0.39, 0.29) is 16.9 Å². The molecule has 0 spiro atoms. The highest BCUT2D eigenvalue weighted by atomic mass is 16.4. The number of hydrogen-bond acceptors (Lipinski definition) is 5. The van der Waals surface area contributed by atoms with Gasteiger partial charge in [0.25, 0.3) is 0 Å². The molecule has 0 saturated carbocycles. The summed E-state index contributed by atoms with van der Waals surface area (Å²) < 4.78 is 5.72. The van der Waals surface area contributed by atoms with Gasteiger partial charge in [0, 0.05) is 46.9 Å². The standard InChI is InChI=1S/C30H27NO4/c1-4-31(5-2)23-16-17-24-20(3)28(30(34)35-27(24)18-23)25(29(33)22-14-10-7-11-15-22)19-26(32)21-12-8-6-9-13-21/h6-19H,4-5H2,1-3H3/b25-19+. The summed E-state index contributed by atoms with van der Waals surface area (Å²) in [4.78, 5) is 42.1. The van der Waals surface area contributed by atoms with Crippen LogP contribution in [-0.2, 0) is 0 Å². The fraction of sp³-hybridized carbons (Fsp3) is 0.167.